The Labute approximate surface area is 116 Å². The van der Waals surface area contributed by atoms with Crippen LogP contribution in [-0.2, 0) is 0 Å². The van der Waals surface area contributed by atoms with Crippen LogP contribution in [0.3, 0.4) is 0 Å². The molecule has 2 rings (SSSR count). The molecule has 0 atom stereocenters. The predicted molar refractivity (Wildman–Crippen MR) is 76.7 cm³/mol. The quantitative estimate of drug-likeness (QED) is 0.381. The Kier molecular flexibility index (Phi) is 4.14. The zero-order valence-electron chi connectivity index (χ0n) is 11.2. The summed E-state index contributed by atoms with van der Waals surface area (Å²) < 4.78 is 0. The molecule has 0 bridgehead atoms. The number of benzene rings is 1. The van der Waals surface area contributed by atoms with Gasteiger partial charge in [0.2, 0.25) is 0 Å². The van der Waals surface area contributed by atoms with E-state index in [1.165, 1.54) is 4.90 Å². The highest BCUT2D eigenvalue weighted by Crippen LogP contribution is 2.17. The Balaban J connectivity index is 2.23. The summed E-state index contributed by atoms with van der Waals surface area (Å²) in [5.74, 6) is -0.0410. The molecule has 1 aromatic heterocycles. The highest BCUT2D eigenvalue weighted by atomic mass is 16.4. The number of aromatic nitrogens is 1. The van der Waals surface area contributed by atoms with Crippen LogP contribution >= 0.6 is 0 Å². The molecule has 6 nitrogen and oxygen atoms in total. The van der Waals surface area contributed by atoms with Crippen LogP contribution in [0.5, 0.6) is 0 Å². The van der Waals surface area contributed by atoms with Gasteiger partial charge in [0.05, 0.1) is 11.1 Å². The summed E-state index contributed by atoms with van der Waals surface area (Å²) in [7, 11) is 1.68. The molecule has 1 aromatic carbocycles. The highest BCUT2D eigenvalue weighted by Gasteiger charge is 2.15. The molecule has 0 spiro atoms. The SMILES string of the molecule is CN(CCC(N)=NO)C(=O)c1cccc2cccnc12. The topological polar surface area (TPSA) is 91.8 Å². The maximum absolute atomic E-state index is 12.4. The minimum atomic E-state index is -0.139. The Morgan fingerprint density at radius 2 is 2.15 bits per heavy atom. The fraction of sp³-hybridized carbons (Fsp3) is 0.214. The zero-order chi connectivity index (χ0) is 14.5. The lowest BCUT2D eigenvalue weighted by Gasteiger charge is -2.17. The lowest BCUT2D eigenvalue weighted by atomic mass is 10.1. The summed E-state index contributed by atoms with van der Waals surface area (Å²) in [4.78, 5) is 18.2. The van der Waals surface area contributed by atoms with E-state index in [2.05, 4.69) is 10.1 Å². The van der Waals surface area contributed by atoms with E-state index in [0.29, 0.717) is 24.0 Å². The maximum Gasteiger partial charge on any atom is 0.255 e. The summed E-state index contributed by atoms with van der Waals surface area (Å²) >= 11 is 0. The van der Waals surface area contributed by atoms with Crippen molar-refractivity contribution in [2.45, 2.75) is 6.42 Å². The van der Waals surface area contributed by atoms with Gasteiger partial charge in [0.1, 0.15) is 5.84 Å². The van der Waals surface area contributed by atoms with E-state index in [-0.39, 0.29) is 11.7 Å². The molecule has 1 amide bonds. The van der Waals surface area contributed by atoms with Gasteiger partial charge in [-0.1, -0.05) is 23.4 Å². The molecule has 2 aromatic rings. The number of para-hydroxylation sites is 1. The number of carbonyl (C=O) groups excluding carboxylic acids is 1. The van der Waals surface area contributed by atoms with E-state index >= 15 is 0 Å². The summed E-state index contributed by atoms with van der Waals surface area (Å²) in [5, 5.41) is 12.3. The van der Waals surface area contributed by atoms with Gasteiger partial charge in [-0.2, -0.15) is 0 Å². The van der Waals surface area contributed by atoms with Crippen LogP contribution < -0.4 is 5.73 Å². The molecule has 0 aliphatic heterocycles. The first kappa shape index (κ1) is 13.8. The Morgan fingerprint density at radius 3 is 2.90 bits per heavy atom. The number of amidine groups is 1. The summed E-state index contributed by atoms with van der Waals surface area (Å²) in [6.45, 7) is 0.373. The maximum atomic E-state index is 12.4. The number of fused-ring (bicyclic) bond motifs is 1. The summed E-state index contributed by atoms with van der Waals surface area (Å²) in [6, 6.07) is 9.23. The number of rotatable bonds is 4. The normalized spacial score (nSPS) is 11.6. The van der Waals surface area contributed by atoms with Crippen molar-refractivity contribution < 1.29 is 10.0 Å². The average molecular weight is 272 g/mol. The van der Waals surface area contributed by atoms with Crippen LogP contribution in [-0.4, -0.2) is 40.4 Å². The smallest absolute Gasteiger partial charge is 0.255 e. The second-order valence-corrected chi connectivity index (χ2v) is 4.45. The Hall–Kier alpha value is -2.63. The molecule has 1 heterocycles. The van der Waals surface area contributed by atoms with Crippen LogP contribution in [0.2, 0.25) is 0 Å². The largest absolute Gasteiger partial charge is 0.409 e. The standard InChI is InChI=1S/C14H16N4O2/c1-18(9-7-12(15)17-20)14(19)11-6-2-4-10-5-3-8-16-13(10)11/h2-6,8,20H,7,9H2,1H3,(H2,15,17). The number of nitrogens with two attached hydrogens (primary N) is 1. The van der Waals surface area contributed by atoms with Crippen molar-refractivity contribution in [3.63, 3.8) is 0 Å². The third-order valence-corrected chi connectivity index (χ3v) is 3.04. The van der Waals surface area contributed by atoms with Crippen molar-refractivity contribution in [1.29, 1.82) is 0 Å². The van der Waals surface area contributed by atoms with E-state index in [1.54, 1.807) is 19.3 Å². The molecule has 3 N–H and O–H groups in total. The summed E-state index contributed by atoms with van der Waals surface area (Å²) in [5.41, 5.74) is 6.62. The van der Waals surface area contributed by atoms with Gasteiger partial charge in [-0.25, -0.2) is 0 Å². The van der Waals surface area contributed by atoms with Crippen molar-refractivity contribution in [2.75, 3.05) is 13.6 Å². The third-order valence-electron chi connectivity index (χ3n) is 3.04. The molecule has 0 fully saturated rings. The molecule has 0 aliphatic carbocycles. The number of oxime groups is 1. The van der Waals surface area contributed by atoms with Gasteiger partial charge in [-0.05, 0) is 12.1 Å². The molecule has 0 saturated heterocycles. The van der Waals surface area contributed by atoms with Crippen molar-refractivity contribution in [3.8, 4) is 0 Å². The number of carbonyl (C=O) groups is 1. The minimum absolute atomic E-state index is 0.0979. The Bertz CT molecular complexity index is 649. The van der Waals surface area contributed by atoms with Gasteiger partial charge in [-0.15, -0.1) is 0 Å². The molecule has 6 heteroatoms. The van der Waals surface area contributed by atoms with Gasteiger partial charge in [-0.3, -0.25) is 9.78 Å². The first-order valence-corrected chi connectivity index (χ1v) is 6.19. The number of hydrogen-bond donors (Lipinski definition) is 2. The number of pyridine rings is 1. The third kappa shape index (κ3) is 2.85. The highest BCUT2D eigenvalue weighted by molar-refractivity contribution is 6.05. The number of amides is 1. The first-order chi connectivity index (χ1) is 9.63. The lowest BCUT2D eigenvalue weighted by Crippen LogP contribution is -2.30. The van der Waals surface area contributed by atoms with E-state index in [9.17, 15) is 4.79 Å². The van der Waals surface area contributed by atoms with Crippen molar-refractivity contribution in [1.82, 2.24) is 9.88 Å². The molecular weight excluding hydrogens is 256 g/mol. The molecular formula is C14H16N4O2. The molecule has 0 unspecified atom stereocenters. The molecule has 0 aliphatic rings. The van der Waals surface area contributed by atoms with Crippen molar-refractivity contribution >= 4 is 22.6 Å². The zero-order valence-corrected chi connectivity index (χ0v) is 11.2. The van der Waals surface area contributed by atoms with Gasteiger partial charge in [0.15, 0.2) is 0 Å². The molecule has 20 heavy (non-hydrogen) atoms. The van der Waals surface area contributed by atoms with E-state index in [1.807, 2.05) is 24.3 Å². The van der Waals surface area contributed by atoms with Gasteiger partial charge < -0.3 is 15.8 Å². The van der Waals surface area contributed by atoms with Crippen LogP contribution in [0, 0.1) is 0 Å². The predicted octanol–water partition coefficient (Wildman–Crippen LogP) is 1.44. The lowest BCUT2D eigenvalue weighted by molar-refractivity contribution is 0.0800. The van der Waals surface area contributed by atoms with Crippen LogP contribution in [0.4, 0.5) is 0 Å². The molecule has 0 saturated carbocycles. The average Bonchev–Trinajstić information content (AvgIpc) is 2.50. The van der Waals surface area contributed by atoms with Gasteiger partial charge >= 0.3 is 0 Å². The molecule has 104 valence electrons. The van der Waals surface area contributed by atoms with Crippen molar-refractivity contribution in [2.24, 2.45) is 10.9 Å². The second-order valence-electron chi connectivity index (χ2n) is 4.45. The minimum Gasteiger partial charge on any atom is -0.409 e. The first-order valence-electron chi connectivity index (χ1n) is 6.19. The van der Waals surface area contributed by atoms with Crippen LogP contribution in [0.1, 0.15) is 16.8 Å². The van der Waals surface area contributed by atoms with E-state index in [4.69, 9.17) is 10.9 Å². The fourth-order valence-corrected chi connectivity index (χ4v) is 1.92. The van der Waals surface area contributed by atoms with Crippen molar-refractivity contribution in [3.05, 3.63) is 42.1 Å². The van der Waals surface area contributed by atoms with Gasteiger partial charge in [0, 0.05) is 31.6 Å². The summed E-state index contributed by atoms with van der Waals surface area (Å²) in [6.07, 6.45) is 1.98. The van der Waals surface area contributed by atoms with E-state index < -0.39 is 0 Å². The van der Waals surface area contributed by atoms with Crippen LogP contribution in [0.15, 0.2) is 41.7 Å². The molecule has 0 radical (unpaired) electrons. The second kappa shape index (κ2) is 6.01. The monoisotopic (exact) mass is 272 g/mol. The van der Waals surface area contributed by atoms with Gasteiger partial charge in [0.25, 0.3) is 5.91 Å². The number of nitrogens with zero attached hydrogens (tertiary/aromatic N) is 3. The van der Waals surface area contributed by atoms with Crippen LogP contribution in [0.25, 0.3) is 10.9 Å². The fourth-order valence-electron chi connectivity index (χ4n) is 1.92. The van der Waals surface area contributed by atoms with E-state index in [0.717, 1.165) is 5.39 Å². The number of hydrogen-bond acceptors (Lipinski definition) is 4. The Morgan fingerprint density at radius 1 is 1.40 bits per heavy atom.